The number of benzene rings is 1. The highest BCUT2D eigenvalue weighted by Gasteiger charge is 2.12. The molecule has 0 saturated carbocycles. The summed E-state index contributed by atoms with van der Waals surface area (Å²) in [5.74, 6) is 1.85. The molecular weight excluding hydrogens is 440 g/mol. The summed E-state index contributed by atoms with van der Waals surface area (Å²) < 4.78 is 11.4. The van der Waals surface area contributed by atoms with Crippen molar-refractivity contribution in [3.63, 3.8) is 0 Å². The summed E-state index contributed by atoms with van der Waals surface area (Å²) in [6.07, 6.45) is 18.0. The Morgan fingerprint density at radius 1 is 0.794 bits per heavy atom. The lowest BCUT2D eigenvalue weighted by Crippen LogP contribution is -2.06. The number of hydrogen-bond acceptors (Lipinski definition) is 4. The minimum atomic E-state index is -0.276. The first-order chi connectivity index (χ1) is 16.6. The number of unbranched alkanes of at least 4 members (excludes halogenated alkanes) is 9. The van der Waals surface area contributed by atoms with Crippen LogP contribution in [0.5, 0.6) is 11.5 Å². The molecule has 1 aromatic heterocycles. The van der Waals surface area contributed by atoms with E-state index in [1.54, 1.807) is 23.5 Å². The van der Waals surface area contributed by atoms with Gasteiger partial charge in [0.05, 0.1) is 6.61 Å². The van der Waals surface area contributed by atoms with Crippen LogP contribution < -0.4 is 9.47 Å². The van der Waals surface area contributed by atoms with Crippen molar-refractivity contribution < 1.29 is 14.3 Å². The minimum absolute atomic E-state index is 0.276. The normalized spacial score (nSPS) is 12.0. The number of hydrogen-bond donors (Lipinski definition) is 0. The Labute approximate surface area is 212 Å². The fraction of sp³-hybridized carbons (Fsp3) is 0.633. The zero-order chi connectivity index (χ0) is 24.4. The van der Waals surface area contributed by atoms with Crippen LogP contribution in [0.25, 0.3) is 0 Å². The predicted octanol–water partition coefficient (Wildman–Crippen LogP) is 9.64. The summed E-state index contributed by atoms with van der Waals surface area (Å²) in [7, 11) is 0. The van der Waals surface area contributed by atoms with Gasteiger partial charge in [-0.3, -0.25) is 0 Å². The van der Waals surface area contributed by atoms with E-state index in [1.165, 1.54) is 81.9 Å². The van der Waals surface area contributed by atoms with Crippen LogP contribution in [0.4, 0.5) is 0 Å². The van der Waals surface area contributed by atoms with E-state index in [0.29, 0.717) is 10.6 Å². The van der Waals surface area contributed by atoms with Gasteiger partial charge in [-0.05, 0) is 68.0 Å². The molecule has 1 atom stereocenters. The van der Waals surface area contributed by atoms with Gasteiger partial charge in [0.1, 0.15) is 16.4 Å². The Bertz CT molecular complexity index is 781. The van der Waals surface area contributed by atoms with Crippen LogP contribution in [0.2, 0.25) is 0 Å². The Morgan fingerprint density at radius 3 is 2.06 bits per heavy atom. The highest BCUT2D eigenvalue weighted by Crippen LogP contribution is 2.23. The van der Waals surface area contributed by atoms with Crippen LogP contribution in [0.15, 0.2) is 36.4 Å². The second kappa shape index (κ2) is 17.6. The molecule has 2 rings (SSSR count). The number of thiophene rings is 1. The van der Waals surface area contributed by atoms with Crippen LogP contribution in [-0.4, -0.2) is 12.6 Å². The van der Waals surface area contributed by atoms with E-state index < -0.39 is 0 Å². The van der Waals surface area contributed by atoms with E-state index in [-0.39, 0.29) is 5.97 Å². The molecule has 1 unspecified atom stereocenters. The molecule has 4 heteroatoms. The Kier molecular flexibility index (Phi) is 14.7. The summed E-state index contributed by atoms with van der Waals surface area (Å²) in [5.41, 5.74) is 0. The van der Waals surface area contributed by atoms with E-state index in [2.05, 4.69) is 26.8 Å². The maximum Gasteiger partial charge on any atom is 0.353 e. The smallest absolute Gasteiger partial charge is 0.353 e. The first-order valence-corrected chi connectivity index (χ1v) is 14.5. The zero-order valence-electron chi connectivity index (χ0n) is 21.8. The second-order valence-electron chi connectivity index (χ2n) is 9.56. The summed E-state index contributed by atoms with van der Waals surface area (Å²) >= 11 is 1.56. The third kappa shape index (κ3) is 12.1. The van der Waals surface area contributed by atoms with Crippen LogP contribution in [-0.2, 0) is 6.42 Å². The van der Waals surface area contributed by atoms with Crippen molar-refractivity contribution in [3.8, 4) is 11.5 Å². The monoisotopic (exact) mass is 486 g/mol. The average molecular weight is 487 g/mol. The lowest BCUT2D eigenvalue weighted by Gasteiger charge is -2.10. The molecule has 1 heterocycles. The van der Waals surface area contributed by atoms with E-state index in [4.69, 9.17) is 9.47 Å². The molecule has 1 aromatic carbocycles. The highest BCUT2D eigenvalue weighted by atomic mass is 32.1. The average Bonchev–Trinajstić information content (AvgIpc) is 3.33. The molecule has 0 fully saturated rings. The molecule has 2 aromatic rings. The number of rotatable bonds is 19. The lowest BCUT2D eigenvalue weighted by atomic mass is 10.0. The molecule has 0 aliphatic heterocycles. The maximum atomic E-state index is 12.5. The molecule has 0 aliphatic carbocycles. The van der Waals surface area contributed by atoms with Crippen LogP contribution >= 0.6 is 11.3 Å². The van der Waals surface area contributed by atoms with Crippen LogP contribution in [0.1, 0.15) is 119 Å². The van der Waals surface area contributed by atoms with Gasteiger partial charge in [0, 0.05) is 4.88 Å². The number of carbonyl (C=O) groups excluding carboxylic acids is 1. The number of ether oxygens (including phenoxy) is 2. The van der Waals surface area contributed by atoms with Gasteiger partial charge in [-0.25, -0.2) is 4.79 Å². The van der Waals surface area contributed by atoms with Crippen molar-refractivity contribution in [1.29, 1.82) is 0 Å². The maximum absolute atomic E-state index is 12.5. The van der Waals surface area contributed by atoms with Crippen molar-refractivity contribution in [3.05, 3.63) is 46.2 Å². The Morgan fingerprint density at radius 2 is 1.41 bits per heavy atom. The predicted molar refractivity (Wildman–Crippen MR) is 145 cm³/mol. The molecule has 0 amide bonds. The van der Waals surface area contributed by atoms with Gasteiger partial charge >= 0.3 is 5.97 Å². The molecule has 34 heavy (non-hydrogen) atoms. The summed E-state index contributed by atoms with van der Waals surface area (Å²) in [6.45, 7) is 7.49. The Hall–Kier alpha value is -1.81. The van der Waals surface area contributed by atoms with Crippen molar-refractivity contribution in [2.75, 3.05) is 6.61 Å². The van der Waals surface area contributed by atoms with Crippen molar-refractivity contribution in [2.24, 2.45) is 5.92 Å². The largest absolute Gasteiger partial charge is 0.494 e. The van der Waals surface area contributed by atoms with E-state index >= 15 is 0 Å². The van der Waals surface area contributed by atoms with Gasteiger partial charge in [-0.1, -0.05) is 85.0 Å². The van der Waals surface area contributed by atoms with Gasteiger partial charge in [-0.15, -0.1) is 11.3 Å². The molecule has 0 spiro atoms. The van der Waals surface area contributed by atoms with E-state index in [1.807, 2.05) is 18.2 Å². The van der Waals surface area contributed by atoms with Crippen molar-refractivity contribution in [2.45, 2.75) is 111 Å². The van der Waals surface area contributed by atoms with Crippen LogP contribution in [0, 0.1) is 5.92 Å². The third-order valence-electron chi connectivity index (χ3n) is 6.48. The topological polar surface area (TPSA) is 35.5 Å². The quantitative estimate of drug-likeness (QED) is 0.113. The lowest BCUT2D eigenvalue weighted by molar-refractivity contribution is 0.0739. The molecule has 0 saturated heterocycles. The summed E-state index contributed by atoms with van der Waals surface area (Å²) in [6, 6.07) is 11.3. The molecule has 3 nitrogen and oxygen atoms in total. The molecular formula is C30H46O3S. The molecule has 0 aliphatic rings. The summed E-state index contributed by atoms with van der Waals surface area (Å²) in [4.78, 5) is 14.5. The number of carbonyl (C=O) groups is 1. The Balaban J connectivity index is 1.60. The van der Waals surface area contributed by atoms with Crippen molar-refractivity contribution in [1.82, 2.24) is 0 Å². The van der Waals surface area contributed by atoms with Crippen LogP contribution in [0.3, 0.4) is 0 Å². The van der Waals surface area contributed by atoms with Gasteiger partial charge < -0.3 is 9.47 Å². The van der Waals surface area contributed by atoms with Gasteiger partial charge in [0.25, 0.3) is 0 Å². The second-order valence-corrected chi connectivity index (χ2v) is 10.7. The van der Waals surface area contributed by atoms with Gasteiger partial charge in [0.2, 0.25) is 0 Å². The first-order valence-electron chi connectivity index (χ1n) is 13.7. The minimum Gasteiger partial charge on any atom is -0.494 e. The van der Waals surface area contributed by atoms with E-state index in [0.717, 1.165) is 31.1 Å². The molecule has 0 radical (unpaired) electrons. The highest BCUT2D eigenvalue weighted by molar-refractivity contribution is 7.13. The fourth-order valence-corrected chi connectivity index (χ4v) is 4.92. The number of aryl methyl sites for hydroxylation is 1. The number of esters is 1. The van der Waals surface area contributed by atoms with E-state index in [9.17, 15) is 4.79 Å². The third-order valence-corrected chi connectivity index (χ3v) is 7.61. The zero-order valence-corrected chi connectivity index (χ0v) is 22.6. The summed E-state index contributed by atoms with van der Waals surface area (Å²) in [5, 5.41) is 0. The molecule has 0 N–H and O–H groups in total. The first kappa shape index (κ1) is 28.4. The molecule has 190 valence electrons. The van der Waals surface area contributed by atoms with Gasteiger partial charge in [0.15, 0.2) is 0 Å². The van der Waals surface area contributed by atoms with Gasteiger partial charge in [-0.2, -0.15) is 0 Å². The SMILES string of the molecule is CCCCCCCCCCCCc1ccc(C(=O)Oc2ccc(OCCCC(C)CC)cc2)s1. The fourth-order valence-electron chi connectivity index (χ4n) is 4.00. The molecule has 0 bridgehead atoms. The van der Waals surface area contributed by atoms with Crippen molar-refractivity contribution >= 4 is 17.3 Å². The standard InChI is InChI=1S/C30H46O3S/c1-4-6-7-8-9-10-11-12-13-14-17-28-22-23-29(34-28)30(31)33-27-20-18-26(19-21-27)32-24-15-16-25(3)5-2/h18-23,25H,4-17,24H2,1-3H3.